The van der Waals surface area contributed by atoms with Crippen LogP contribution in [0.1, 0.15) is 6.92 Å². The molecule has 0 unspecified atom stereocenters. The molecule has 0 fully saturated rings. The molecule has 1 heterocycles. The first kappa shape index (κ1) is 7.78. The molecule has 11 heavy (non-hydrogen) atoms. The Balaban J connectivity index is 2.74. The van der Waals surface area contributed by atoms with Gasteiger partial charge in [0.1, 0.15) is 0 Å². The number of hydrogen-bond donors (Lipinski definition) is 0. The Hall–Kier alpha value is -1.32. The Morgan fingerprint density at radius 2 is 2.36 bits per heavy atom. The van der Waals surface area contributed by atoms with Gasteiger partial charge in [-0.15, -0.1) is 0 Å². The molecule has 0 aliphatic heterocycles. The van der Waals surface area contributed by atoms with E-state index in [9.17, 15) is 0 Å². The SMILES string of the molecule is CCOc1ccnc(OC)n1. The molecule has 4 nitrogen and oxygen atoms in total. The zero-order valence-corrected chi connectivity index (χ0v) is 6.57. The number of ether oxygens (including phenoxy) is 2. The fourth-order valence-corrected chi connectivity index (χ4v) is 0.652. The summed E-state index contributed by atoms with van der Waals surface area (Å²) in [6.07, 6.45) is 1.59. The van der Waals surface area contributed by atoms with Crippen LogP contribution in [0.25, 0.3) is 0 Å². The maximum atomic E-state index is 5.12. The minimum Gasteiger partial charge on any atom is -0.478 e. The molecule has 0 N–H and O–H groups in total. The summed E-state index contributed by atoms with van der Waals surface area (Å²) in [6, 6.07) is 2.02. The van der Waals surface area contributed by atoms with E-state index in [1.54, 1.807) is 12.3 Å². The highest BCUT2D eigenvalue weighted by atomic mass is 16.5. The van der Waals surface area contributed by atoms with Crippen molar-refractivity contribution < 1.29 is 9.47 Å². The Morgan fingerprint density at radius 3 is 3.00 bits per heavy atom. The lowest BCUT2D eigenvalue weighted by Gasteiger charge is -2.01. The molecule has 0 radical (unpaired) electrons. The first-order valence-corrected chi connectivity index (χ1v) is 3.36. The van der Waals surface area contributed by atoms with E-state index in [-0.39, 0.29) is 0 Å². The van der Waals surface area contributed by atoms with E-state index in [0.29, 0.717) is 18.5 Å². The fraction of sp³-hybridized carbons (Fsp3) is 0.429. The van der Waals surface area contributed by atoms with Crippen molar-refractivity contribution in [3.8, 4) is 11.9 Å². The zero-order valence-electron chi connectivity index (χ0n) is 6.57. The standard InChI is InChI=1S/C7H10N2O2/c1-3-11-6-4-5-8-7(9-6)10-2/h4-5H,3H2,1-2H3. The molecule has 60 valence electrons. The van der Waals surface area contributed by atoms with Crippen LogP contribution in [-0.4, -0.2) is 23.7 Å². The van der Waals surface area contributed by atoms with Crippen LogP contribution in [0.5, 0.6) is 11.9 Å². The lowest BCUT2D eigenvalue weighted by Crippen LogP contribution is -1.97. The number of methoxy groups -OCH3 is 1. The van der Waals surface area contributed by atoms with Gasteiger partial charge in [0.2, 0.25) is 5.88 Å². The van der Waals surface area contributed by atoms with E-state index >= 15 is 0 Å². The van der Waals surface area contributed by atoms with Gasteiger partial charge in [-0.1, -0.05) is 0 Å². The van der Waals surface area contributed by atoms with Crippen LogP contribution in [0.3, 0.4) is 0 Å². The van der Waals surface area contributed by atoms with Crippen molar-refractivity contribution in [2.45, 2.75) is 6.92 Å². The van der Waals surface area contributed by atoms with E-state index in [1.807, 2.05) is 6.92 Å². The van der Waals surface area contributed by atoms with E-state index in [1.165, 1.54) is 7.11 Å². The molecule has 4 heteroatoms. The third kappa shape index (κ3) is 2.07. The summed E-state index contributed by atoms with van der Waals surface area (Å²) in [6.45, 7) is 2.49. The monoisotopic (exact) mass is 154 g/mol. The molecule has 0 saturated heterocycles. The molecule has 0 aliphatic rings. The number of nitrogens with zero attached hydrogens (tertiary/aromatic N) is 2. The molecule has 0 bridgehead atoms. The van der Waals surface area contributed by atoms with Crippen LogP contribution in [-0.2, 0) is 0 Å². The Morgan fingerprint density at radius 1 is 1.55 bits per heavy atom. The van der Waals surface area contributed by atoms with Crippen molar-refractivity contribution in [2.24, 2.45) is 0 Å². The second kappa shape index (κ2) is 3.75. The van der Waals surface area contributed by atoms with Crippen molar-refractivity contribution >= 4 is 0 Å². The van der Waals surface area contributed by atoms with Gasteiger partial charge in [-0.3, -0.25) is 0 Å². The van der Waals surface area contributed by atoms with Crippen LogP contribution in [0.4, 0.5) is 0 Å². The van der Waals surface area contributed by atoms with Crippen LogP contribution >= 0.6 is 0 Å². The average molecular weight is 154 g/mol. The minimum atomic E-state index is 0.330. The molecule has 1 aromatic heterocycles. The maximum Gasteiger partial charge on any atom is 0.319 e. The molecule has 0 saturated carbocycles. The van der Waals surface area contributed by atoms with Crippen LogP contribution in [0.2, 0.25) is 0 Å². The molecule has 0 amide bonds. The molecular weight excluding hydrogens is 144 g/mol. The van der Waals surface area contributed by atoms with Crippen molar-refractivity contribution in [1.82, 2.24) is 9.97 Å². The van der Waals surface area contributed by atoms with Crippen LogP contribution in [0.15, 0.2) is 12.3 Å². The van der Waals surface area contributed by atoms with Crippen LogP contribution < -0.4 is 9.47 Å². The quantitative estimate of drug-likeness (QED) is 0.648. The second-order valence-electron chi connectivity index (χ2n) is 1.81. The van der Waals surface area contributed by atoms with Gasteiger partial charge in [-0.2, -0.15) is 4.98 Å². The largest absolute Gasteiger partial charge is 0.478 e. The number of hydrogen-bond acceptors (Lipinski definition) is 4. The van der Waals surface area contributed by atoms with Gasteiger partial charge in [0, 0.05) is 12.3 Å². The lowest BCUT2D eigenvalue weighted by molar-refractivity contribution is 0.311. The molecule has 0 atom stereocenters. The van der Waals surface area contributed by atoms with Gasteiger partial charge in [-0.25, -0.2) is 4.98 Å². The van der Waals surface area contributed by atoms with E-state index in [4.69, 9.17) is 9.47 Å². The van der Waals surface area contributed by atoms with E-state index < -0.39 is 0 Å². The highest BCUT2D eigenvalue weighted by Gasteiger charge is 1.96. The van der Waals surface area contributed by atoms with Gasteiger partial charge in [0.25, 0.3) is 0 Å². The third-order valence-corrected chi connectivity index (χ3v) is 1.08. The molecule has 1 rings (SSSR count). The first-order valence-electron chi connectivity index (χ1n) is 3.36. The molecule has 1 aromatic rings. The maximum absolute atomic E-state index is 5.12. The summed E-state index contributed by atoms with van der Waals surface area (Å²) in [4.78, 5) is 7.75. The lowest BCUT2D eigenvalue weighted by atomic mass is 10.6. The van der Waals surface area contributed by atoms with E-state index in [0.717, 1.165) is 0 Å². The summed E-state index contributed by atoms with van der Waals surface area (Å²) in [5.41, 5.74) is 0. The second-order valence-corrected chi connectivity index (χ2v) is 1.81. The fourth-order valence-electron chi connectivity index (χ4n) is 0.652. The molecular formula is C7H10N2O2. The van der Waals surface area contributed by atoms with Gasteiger partial charge >= 0.3 is 6.01 Å². The summed E-state index contributed by atoms with van der Waals surface area (Å²) >= 11 is 0. The van der Waals surface area contributed by atoms with Gasteiger partial charge in [-0.05, 0) is 6.92 Å². The predicted molar refractivity (Wildman–Crippen MR) is 39.8 cm³/mol. The Bertz CT molecular complexity index is 227. The summed E-state index contributed by atoms with van der Waals surface area (Å²) in [5, 5.41) is 0. The first-order chi connectivity index (χ1) is 5.36. The zero-order chi connectivity index (χ0) is 8.10. The molecule has 0 aliphatic carbocycles. The summed E-state index contributed by atoms with van der Waals surface area (Å²) < 4.78 is 9.92. The van der Waals surface area contributed by atoms with Gasteiger partial charge in [0.15, 0.2) is 0 Å². The van der Waals surface area contributed by atoms with Crippen molar-refractivity contribution in [3.05, 3.63) is 12.3 Å². The summed E-state index contributed by atoms with van der Waals surface area (Å²) in [7, 11) is 1.52. The molecule has 0 aromatic carbocycles. The third-order valence-electron chi connectivity index (χ3n) is 1.08. The van der Waals surface area contributed by atoms with E-state index in [2.05, 4.69) is 9.97 Å². The Labute approximate surface area is 65.2 Å². The van der Waals surface area contributed by atoms with Crippen LogP contribution in [0, 0.1) is 0 Å². The van der Waals surface area contributed by atoms with Gasteiger partial charge in [0.05, 0.1) is 13.7 Å². The topological polar surface area (TPSA) is 44.2 Å². The molecule has 0 spiro atoms. The minimum absolute atomic E-state index is 0.330. The smallest absolute Gasteiger partial charge is 0.319 e. The number of rotatable bonds is 3. The average Bonchev–Trinajstić information content (AvgIpc) is 2.06. The highest BCUT2D eigenvalue weighted by molar-refractivity contribution is 5.10. The number of aromatic nitrogens is 2. The highest BCUT2D eigenvalue weighted by Crippen LogP contribution is 2.08. The summed E-state index contributed by atoms with van der Waals surface area (Å²) in [5.74, 6) is 0.541. The Kier molecular flexibility index (Phi) is 2.66. The normalized spacial score (nSPS) is 9.27. The van der Waals surface area contributed by atoms with Crippen molar-refractivity contribution in [2.75, 3.05) is 13.7 Å². The van der Waals surface area contributed by atoms with Gasteiger partial charge < -0.3 is 9.47 Å². The van der Waals surface area contributed by atoms with Crippen molar-refractivity contribution in [1.29, 1.82) is 0 Å². The van der Waals surface area contributed by atoms with Crippen molar-refractivity contribution in [3.63, 3.8) is 0 Å². The predicted octanol–water partition coefficient (Wildman–Crippen LogP) is 0.884.